The SMILES string of the molecule is C[C@H](C(=O)Nc1ccc(C(N)=O)cc1)[NH+]1CCCCCC1. The third kappa shape index (κ3) is 4.29. The van der Waals surface area contributed by atoms with E-state index in [1.165, 1.54) is 30.6 Å². The Morgan fingerprint density at radius 2 is 1.67 bits per heavy atom. The number of likely N-dealkylation sites (tertiary alicyclic amines) is 1. The van der Waals surface area contributed by atoms with Gasteiger partial charge in [0.2, 0.25) is 5.91 Å². The maximum Gasteiger partial charge on any atom is 0.282 e. The maximum atomic E-state index is 12.3. The van der Waals surface area contributed by atoms with E-state index in [0.29, 0.717) is 11.3 Å². The van der Waals surface area contributed by atoms with Crippen LogP contribution in [-0.4, -0.2) is 30.9 Å². The molecule has 1 aliphatic rings. The molecule has 0 spiro atoms. The molecule has 1 fully saturated rings. The molecule has 5 heteroatoms. The minimum atomic E-state index is -0.463. The zero-order chi connectivity index (χ0) is 15.2. The molecule has 4 N–H and O–H groups in total. The number of quaternary nitrogens is 1. The lowest BCUT2D eigenvalue weighted by molar-refractivity contribution is -0.913. The Labute approximate surface area is 125 Å². The minimum absolute atomic E-state index is 0.0266. The van der Waals surface area contributed by atoms with Crippen molar-refractivity contribution in [1.29, 1.82) is 0 Å². The van der Waals surface area contributed by atoms with Crippen molar-refractivity contribution in [3.63, 3.8) is 0 Å². The molecule has 1 atom stereocenters. The highest BCUT2D eigenvalue weighted by Crippen LogP contribution is 2.09. The number of amides is 2. The van der Waals surface area contributed by atoms with E-state index >= 15 is 0 Å². The van der Waals surface area contributed by atoms with Gasteiger partial charge in [0.1, 0.15) is 0 Å². The highest BCUT2D eigenvalue weighted by molar-refractivity contribution is 5.95. The lowest BCUT2D eigenvalue weighted by Crippen LogP contribution is -3.16. The quantitative estimate of drug-likeness (QED) is 0.758. The van der Waals surface area contributed by atoms with Crippen molar-refractivity contribution in [3.8, 4) is 0 Å². The van der Waals surface area contributed by atoms with E-state index in [0.717, 1.165) is 13.1 Å². The second-order valence-electron chi connectivity index (χ2n) is 5.73. The number of primary amides is 1. The summed E-state index contributed by atoms with van der Waals surface area (Å²) in [5.41, 5.74) is 6.34. The van der Waals surface area contributed by atoms with Crippen molar-refractivity contribution in [3.05, 3.63) is 29.8 Å². The predicted molar refractivity (Wildman–Crippen MR) is 82.2 cm³/mol. The smallest absolute Gasteiger partial charge is 0.282 e. The van der Waals surface area contributed by atoms with Crippen LogP contribution < -0.4 is 16.0 Å². The molecule has 0 bridgehead atoms. The van der Waals surface area contributed by atoms with Gasteiger partial charge in [-0.25, -0.2) is 0 Å². The fourth-order valence-corrected chi connectivity index (χ4v) is 2.77. The van der Waals surface area contributed by atoms with Gasteiger partial charge in [-0.2, -0.15) is 0 Å². The number of carbonyl (C=O) groups excluding carboxylic acids is 2. The van der Waals surface area contributed by atoms with Crippen LogP contribution in [0.25, 0.3) is 0 Å². The van der Waals surface area contributed by atoms with E-state index < -0.39 is 5.91 Å². The Bertz CT molecular complexity index is 491. The van der Waals surface area contributed by atoms with Gasteiger partial charge in [0, 0.05) is 11.3 Å². The van der Waals surface area contributed by atoms with Crippen LogP contribution in [0.15, 0.2) is 24.3 Å². The van der Waals surface area contributed by atoms with E-state index in [4.69, 9.17) is 5.73 Å². The van der Waals surface area contributed by atoms with Crippen LogP contribution in [0.4, 0.5) is 5.69 Å². The summed E-state index contributed by atoms with van der Waals surface area (Å²) in [6.45, 7) is 4.11. The van der Waals surface area contributed by atoms with Crippen LogP contribution in [-0.2, 0) is 4.79 Å². The Kier molecular flexibility index (Phi) is 5.33. The molecule has 114 valence electrons. The molecular weight excluding hydrogens is 266 g/mol. The van der Waals surface area contributed by atoms with E-state index in [9.17, 15) is 9.59 Å². The molecule has 0 unspecified atom stereocenters. The summed E-state index contributed by atoms with van der Waals surface area (Å²) in [5.74, 6) is -0.436. The van der Waals surface area contributed by atoms with Crippen molar-refractivity contribution in [2.75, 3.05) is 18.4 Å². The largest absolute Gasteiger partial charge is 0.366 e. The normalized spacial score (nSPS) is 17.8. The Morgan fingerprint density at radius 3 is 2.19 bits per heavy atom. The molecule has 0 aliphatic carbocycles. The zero-order valence-electron chi connectivity index (χ0n) is 12.5. The van der Waals surface area contributed by atoms with Crippen LogP contribution in [0.2, 0.25) is 0 Å². The van der Waals surface area contributed by atoms with Gasteiger partial charge in [-0.1, -0.05) is 0 Å². The van der Waals surface area contributed by atoms with Gasteiger partial charge in [-0.15, -0.1) is 0 Å². The highest BCUT2D eigenvalue weighted by Gasteiger charge is 2.25. The van der Waals surface area contributed by atoms with Crippen molar-refractivity contribution in [2.45, 2.75) is 38.6 Å². The summed E-state index contributed by atoms with van der Waals surface area (Å²) in [4.78, 5) is 24.7. The lowest BCUT2D eigenvalue weighted by atomic mass is 10.2. The minimum Gasteiger partial charge on any atom is -0.366 e. The number of nitrogens with two attached hydrogens (primary N) is 1. The summed E-state index contributed by atoms with van der Waals surface area (Å²) in [7, 11) is 0. The van der Waals surface area contributed by atoms with E-state index in [2.05, 4.69) is 5.32 Å². The molecule has 1 aliphatic heterocycles. The van der Waals surface area contributed by atoms with E-state index in [1.807, 2.05) is 6.92 Å². The number of carbonyl (C=O) groups is 2. The van der Waals surface area contributed by atoms with Crippen molar-refractivity contribution in [1.82, 2.24) is 0 Å². The first kappa shape index (κ1) is 15.5. The molecule has 0 aromatic heterocycles. The number of nitrogens with one attached hydrogen (secondary N) is 2. The number of anilines is 1. The number of hydrogen-bond donors (Lipinski definition) is 3. The molecule has 0 saturated carbocycles. The summed E-state index contributed by atoms with van der Waals surface area (Å²) in [5, 5.41) is 2.91. The molecule has 2 rings (SSSR count). The van der Waals surface area contributed by atoms with Gasteiger partial charge in [-0.05, 0) is 56.9 Å². The average Bonchev–Trinajstić information content (AvgIpc) is 2.76. The molecule has 2 amide bonds. The van der Waals surface area contributed by atoms with Gasteiger partial charge in [0.15, 0.2) is 6.04 Å². The van der Waals surface area contributed by atoms with Gasteiger partial charge < -0.3 is 16.0 Å². The summed E-state index contributed by atoms with van der Waals surface area (Å²) in [6, 6.07) is 6.62. The molecule has 0 radical (unpaired) electrons. The number of hydrogen-bond acceptors (Lipinski definition) is 2. The molecule has 1 saturated heterocycles. The van der Waals surface area contributed by atoms with Gasteiger partial charge in [0.25, 0.3) is 5.91 Å². The van der Waals surface area contributed by atoms with Crippen LogP contribution in [0.5, 0.6) is 0 Å². The monoisotopic (exact) mass is 290 g/mol. The lowest BCUT2D eigenvalue weighted by Gasteiger charge is -2.23. The molecule has 21 heavy (non-hydrogen) atoms. The van der Waals surface area contributed by atoms with Crippen LogP contribution in [0, 0.1) is 0 Å². The summed E-state index contributed by atoms with van der Waals surface area (Å²) < 4.78 is 0. The first-order valence-corrected chi connectivity index (χ1v) is 7.63. The Balaban J connectivity index is 1.94. The van der Waals surface area contributed by atoms with Crippen molar-refractivity contribution >= 4 is 17.5 Å². The van der Waals surface area contributed by atoms with Crippen molar-refractivity contribution < 1.29 is 14.5 Å². The Hall–Kier alpha value is -1.88. The topological polar surface area (TPSA) is 76.6 Å². The van der Waals surface area contributed by atoms with Gasteiger partial charge in [0.05, 0.1) is 13.1 Å². The second kappa shape index (κ2) is 7.22. The summed E-state index contributed by atoms with van der Waals surface area (Å²) in [6.07, 6.45) is 4.93. The number of rotatable bonds is 4. The predicted octanol–water partition coefficient (Wildman–Crippen LogP) is 0.571. The first-order valence-electron chi connectivity index (χ1n) is 7.63. The summed E-state index contributed by atoms with van der Waals surface area (Å²) >= 11 is 0. The molecule has 1 aromatic carbocycles. The third-order valence-electron chi connectivity index (χ3n) is 4.19. The van der Waals surface area contributed by atoms with Crippen LogP contribution in [0.1, 0.15) is 43.0 Å². The average molecular weight is 290 g/mol. The molecule has 1 aromatic rings. The Morgan fingerprint density at radius 1 is 1.10 bits per heavy atom. The van der Waals surface area contributed by atoms with Crippen molar-refractivity contribution in [2.24, 2.45) is 5.73 Å². The fourth-order valence-electron chi connectivity index (χ4n) is 2.77. The molecule has 1 heterocycles. The van der Waals surface area contributed by atoms with Crippen LogP contribution in [0.3, 0.4) is 0 Å². The maximum absolute atomic E-state index is 12.3. The molecule has 5 nitrogen and oxygen atoms in total. The van der Waals surface area contributed by atoms with E-state index in [-0.39, 0.29) is 11.9 Å². The number of benzene rings is 1. The second-order valence-corrected chi connectivity index (χ2v) is 5.73. The van der Waals surface area contributed by atoms with E-state index in [1.54, 1.807) is 24.3 Å². The highest BCUT2D eigenvalue weighted by atomic mass is 16.2. The van der Waals surface area contributed by atoms with Crippen LogP contribution >= 0.6 is 0 Å². The third-order valence-corrected chi connectivity index (χ3v) is 4.19. The zero-order valence-corrected chi connectivity index (χ0v) is 12.5. The first-order chi connectivity index (χ1) is 10.1. The van der Waals surface area contributed by atoms with Gasteiger partial charge in [-0.3, -0.25) is 9.59 Å². The fraction of sp³-hybridized carbons (Fsp3) is 0.500. The molecular formula is C16H24N3O2+. The van der Waals surface area contributed by atoms with Gasteiger partial charge >= 0.3 is 0 Å². The standard InChI is InChI=1S/C16H23N3O2/c1-12(19-10-4-2-3-5-11-19)16(21)18-14-8-6-13(7-9-14)15(17)20/h6-9,12H,2-5,10-11H2,1H3,(H2,17,20)(H,18,21)/p+1/t12-/m1/s1.